The van der Waals surface area contributed by atoms with Gasteiger partial charge in [-0.25, -0.2) is 0 Å². The maximum atomic E-state index is 4.93. The fraction of sp³-hybridized carbons (Fsp3) is 0.100. The normalized spacial score (nSPS) is 10.5. The summed E-state index contributed by atoms with van der Waals surface area (Å²) in [5, 5.41) is 5.21. The predicted octanol–water partition coefficient (Wildman–Crippen LogP) is 18.5. The van der Waals surface area contributed by atoms with Crippen LogP contribution in [0.5, 0.6) is 0 Å². The van der Waals surface area contributed by atoms with Gasteiger partial charge in [-0.05, 0) is 72.2 Å². The van der Waals surface area contributed by atoms with Gasteiger partial charge in [-0.2, -0.15) is 0 Å². The number of benzene rings is 8. The summed E-state index contributed by atoms with van der Waals surface area (Å²) in [5.74, 6) is 0. The van der Waals surface area contributed by atoms with E-state index in [2.05, 4.69) is 247 Å². The Labute approximate surface area is 401 Å². The van der Waals surface area contributed by atoms with Crippen LogP contribution in [0.25, 0.3) is 88.3 Å². The second kappa shape index (κ2) is 22.5. The molecule has 0 N–H and O–H groups in total. The summed E-state index contributed by atoms with van der Waals surface area (Å²) in [6, 6.07) is 74.8. The predicted molar refractivity (Wildman–Crippen MR) is 280 cm³/mol. The van der Waals surface area contributed by atoms with Gasteiger partial charge in [-0.15, -0.1) is 69.1 Å². The van der Waals surface area contributed by atoms with Crippen molar-refractivity contribution in [2.75, 3.05) is 0 Å². The van der Waals surface area contributed by atoms with Crippen LogP contribution in [-0.4, -0.2) is 9.52 Å². The Morgan fingerprint density at radius 1 is 0.359 bits per heavy atom. The van der Waals surface area contributed by atoms with E-state index >= 15 is 0 Å². The summed E-state index contributed by atoms with van der Waals surface area (Å²) in [7, 11) is 11.0. The van der Waals surface area contributed by atoms with Gasteiger partial charge in [0.15, 0.2) is 0 Å². The molecule has 10 aromatic rings. The molecule has 64 heavy (non-hydrogen) atoms. The van der Waals surface area contributed by atoms with E-state index in [0.717, 1.165) is 9.52 Å². The Morgan fingerprint density at radius 3 is 0.938 bits per heavy atom. The minimum absolute atomic E-state index is 0.826. The van der Waals surface area contributed by atoms with Gasteiger partial charge in [-0.1, -0.05) is 216 Å². The molecule has 0 saturated heterocycles. The average molecular weight is 963 g/mol. The maximum absolute atomic E-state index is 4.93. The number of halogens is 2. The molecule has 10 aromatic carbocycles. The zero-order valence-corrected chi connectivity index (χ0v) is 42.4. The molecule has 4 heteroatoms. The van der Waals surface area contributed by atoms with Gasteiger partial charge >= 0.3 is 37.9 Å². The second-order valence-electron chi connectivity index (χ2n) is 16.3. The molecule has 314 valence electrons. The molecule has 0 aliphatic heterocycles. The van der Waals surface area contributed by atoms with Crippen LogP contribution in [-0.2, 0) is 20.8 Å². The molecule has 0 atom stereocenters. The Hall–Kier alpha value is -5.34. The summed E-state index contributed by atoms with van der Waals surface area (Å²) >= 11 is -0.826. The fourth-order valence-corrected chi connectivity index (χ4v) is 8.73. The van der Waals surface area contributed by atoms with E-state index in [1.807, 2.05) is 0 Å². The second-order valence-corrected chi connectivity index (χ2v) is 21.0. The quantitative estimate of drug-likeness (QED) is 0.115. The molecule has 10 rings (SSSR count). The molecule has 0 aliphatic carbocycles. The molecule has 0 unspecified atom stereocenters. The topological polar surface area (TPSA) is 0 Å². The van der Waals surface area contributed by atoms with Crippen LogP contribution in [0.1, 0.15) is 22.3 Å². The Kier molecular flexibility index (Phi) is 16.4. The Bertz CT molecular complexity index is 2810. The molecule has 0 saturated carbocycles. The van der Waals surface area contributed by atoms with Crippen LogP contribution in [0.2, 0.25) is 13.1 Å². The van der Waals surface area contributed by atoms with Crippen LogP contribution in [0.4, 0.5) is 0 Å². The molecule has 2 radical (unpaired) electrons. The number of rotatable bonds is 6. The third-order valence-corrected chi connectivity index (χ3v) is 11.2. The molecule has 0 aromatic heterocycles. The van der Waals surface area contributed by atoms with Crippen molar-refractivity contribution in [3.05, 3.63) is 229 Å². The molecular formula is C60H52Cl2SiZr. The van der Waals surface area contributed by atoms with Crippen molar-refractivity contribution in [1.82, 2.24) is 0 Å². The van der Waals surface area contributed by atoms with Crippen molar-refractivity contribution in [2.45, 2.75) is 40.8 Å². The third kappa shape index (κ3) is 11.3. The molecule has 0 spiro atoms. The number of fused-ring (bicyclic) bond motifs is 2. The fourth-order valence-electron chi connectivity index (χ4n) is 8.73. The van der Waals surface area contributed by atoms with E-state index in [9.17, 15) is 0 Å². The van der Waals surface area contributed by atoms with Crippen molar-refractivity contribution >= 4 is 48.1 Å². The van der Waals surface area contributed by atoms with Crippen molar-refractivity contribution in [2.24, 2.45) is 0 Å². The summed E-state index contributed by atoms with van der Waals surface area (Å²) in [6.45, 7) is 13.0. The molecule has 0 nitrogen and oxygen atoms in total. The molecule has 0 bridgehead atoms. The first kappa shape index (κ1) is 46.6. The first-order valence-electron chi connectivity index (χ1n) is 21.6. The average Bonchev–Trinajstić information content (AvgIpc) is 3.95. The van der Waals surface area contributed by atoms with Crippen LogP contribution >= 0.6 is 17.0 Å². The van der Waals surface area contributed by atoms with Gasteiger partial charge in [0.1, 0.15) is 0 Å². The van der Waals surface area contributed by atoms with E-state index in [1.165, 1.54) is 111 Å². The van der Waals surface area contributed by atoms with Gasteiger partial charge in [0.2, 0.25) is 0 Å². The van der Waals surface area contributed by atoms with E-state index in [4.69, 9.17) is 17.0 Å². The van der Waals surface area contributed by atoms with Crippen molar-refractivity contribution in [3.8, 4) is 66.8 Å². The van der Waals surface area contributed by atoms with Crippen molar-refractivity contribution in [3.63, 3.8) is 0 Å². The minimum atomic E-state index is -0.826. The Balaban J connectivity index is 0.000000171. The van der Waals surface area contributed by atoms with E-state index in [1.54, 1.807) is 0 Å². The zero-order chi connectivity index (χ0) is 45.0. The third-order valence-electron chi connectivity index (χ3n) is 11.2. The molecule has 0 heterocycles. The monoisotopic (exact) mass is 960 g/mol. The van der Waals surface area contributed by atoms with Gasteiger partial charge < -0.3 is 0 Å². The van der Waals surface area contributed by atoms with Gasteiger partial charge in [0.05, 0.1) is 0 Å². The number of hydrogen-bond acceptors (Lipinski definition) is 0. The van der Waals surface area contributed by atoms with Crippen LogP contribution in [0.3, 0.4) is 0 Å². The number of aryl methyl sites for hydroxylation is 4. The van der Waals surface area contributed by atoms with E-state index < -0.39 is 20.8 Å². The summed E-state index contributed by atoms with van der Waals surface area (Å²) < 4.78 is 0. The zero-order valence-electron chi connectivity index (χ0n) is 37.4. The SMILES string of the molecule is C[Si]C.Cc1cc(C)cc(-c2c(-c3ccccc3)ccc3[cH-]c(-c4ccccc4)cc23)c1.Cc1cc(C)cc(-c2c(-c3ccccc3)ccc3[cH-]c(-c4ccccc4)cc23)c1.[Cl][Zr+2][Cl]. The van der Waals surface area contributed by atoms with E-state index in [-0.39, 0.29) is 0 Å². The standard InChI is InChI=1S/2C29H23.C2H6Si.2ClH.Zr/c2*1-20-15-21(2)17-26(16-20)29-27(23-11-7-4-8-12-23)14-13-24-18-25(19-28(24)29)22-9-5-3-6-10-22;1-3-2;;;/h2*3-19H,1-2H3;1-2H3;2*1H;/q2*-1;;;;+4/p-2. The number of hydrogen-bond donors (Lipinski definition) is 0. The van der Waals surface area contributed by atoms with Crippen LogP contribution in [0.15, 0.2) is 206 Å². The van der Waals surface area contributed by atoms with Gasteiger partial charge in [0, 0.05) is 9.52 Å². The van der Waals surface area contributed by atoms with E-state index in [0.29, 0.717) is 0 Å². The van der Waals surface area contributed by atoms with Gasteiger partial charge in [-0.3, -0.25) is 0 Å². The first-order valence-corrected chi connectivity index (χ1v) is 29.9. The summed E-state index contributed by atoms with van der Waals surface area (Å²) in [5.41, 5.74) is 20.6. The first-order chi connectivity index (χ1) is 31.2. The summed E-state index contributed by atoms with van der Waals surface area (Å²) in [6.07, 6.45) is 0. The Morgan fingerprint density at radius 2 is 0.641 bits per heavy atom. The van der Waals surface area contributed by atoms with Crippen molar-refractivity contribution < 1.29 is 20.8 Å². The van der Waals surface area contributed by atoms with Crippen LogP contribution in [0, 0.1) is 27.7 Å². The summed E-state index contributed by atoms with van der Waals surface area (Å²) in [4.78, 5) is 0. The molecule has 0 fully saturated rings. The van der Waals surface area contributed by atoms with Crippen LogP contribution < -0.4 is 0 Å². The molecule has 0 aliphatic rings. The van der Waals surface area contributed by atoms with Crippen molar-refractivity contribution in [1.29, 1.82) is 0 Å². The molecular weight excluding hydrogens is 911 g/mol. The van der Waals surface area contributed by atoms with Gasteiger partial charge in [0.25, 0.3) is 0 Å². The molecule has 0 amide bonds.